The molecule has 19 heavy (non-hydrogen) atoms. The van der Waals surface area contributed by atoms with Crippen LogP contribution in [0.2, 0.25) is 0 Å². The van der Waals surface area contributed by atoms with Gasteiger partial charge >= 0.3 is 0 Å². The highest BCUT2D eigenvalue weighted by atomic mass is 32.1. The molecule has 0 aliphatic rings. The topological polar surface area (TPSA) is 68.8 Å². The van der Waals surface area contributed by atoms with Gasteiger partial charge in [0, 0.05) is 36.8 Å². The molecular formula is C13H21N5S. The number of nitrogens with two attached hydrogens (primary N) is 1. The van der Waals surface area contributed by atoms with Gasteiger partial charge in [0.05, 0.1) is 22.7 Å². The van der Waals surface area contributed by atoms with Gasteiger partial charge in [-0.1, -0.05) is 0 Å². The summed E-state index contributed by atoms with van der Waals surface area (Å²) in [6.45, 7) is 8.48. The minimum absolute atomic E-state index is 0.297. The predicted octanol–water partition coefficient (Wildman–Crippen LogP) is 1.77. The first-order valence-corrected chi connectivity index (χ1v) is 7.30. The standard InChI is InChI=1S/C13H21N5S/c1-9(13-10(2)17-11(3)19-13)15-6-12-7-18(5-4-14)8-16-12/h7-9,15H,4-6,14H2,1-3H3. The molecule has 5 nitrogen and oxygen atoms in total. The average molecular weight is 279 g/mol. The van der Waals surface area contributed by atoms with Crippen molar-refractivity contribution in [3.8, 4) is 0 Å². The van der Waals surface area contributed by atoms with E-state index in [1.165, 1.54) is 4.88 Å². The molecule has 0 bridgehead atoms. The number of nitrogens with one attached hydrogen (secondary N) is 1. The molecule has 1 atom stereocenters. The highest BCUT2D eigenvalue weighted by Gasteiger charge is 2.12. The van der Waals surface area contributed by atoms with Crippen LogP contribution >= 0.6 is 11.3 Å². The van der Waals surface area contributed by atoms with Crippen molar-refractivity contribution in [3.63, 3.8) is 0 Å². The van der Waals surface area contributed by atoms with Crippen LogP contribution in [-0.2, 0) is 13.1 Å². The van der Waals surface area contributed by atoms with E-state index in [4.69, 9.17) is 5.73 Å². The van der Waals surface area contributed by atoms with Crippen LogP contribution in [-0.4, -0.2) is 21.1 Å². The van der Waals surface area contributed by atoms with Crippen molar-refractivity contribution < 1.29 is 0 Å². The highest BCUT2D eigenvalue weighted by Crippen LogP contribution is 2.24. The van der Waals surface area contributed by atoms with E-state index in [2.05, 4.69) is 29.1 Å². The summed E-state index contributed by atoms with van der Waals surface area (Å²) in [4.78, 5) is 10.1. The molecule has 0 amide bonds. The Morgan fingerprint density at radius 1 is 1.47 bits per heavy atom. The minimum atomic E-state index is 0.297. The first-order chi connectivity index (χ1) is 9.10. The number of hydrogen-bond donors (Lipinski definition) is 2. The second-order valence-electron chi connectivity index (χ2n) is 4.68. The van der Waals surface area contributed by atoms with Gasteiger partial charge in [0.25, 0.3) is 0 Å². The Kier molecular flexibility index (Phi) is 4.68. The number of aryl methyl sites for hydroxylation is 2. The number of hydrogen-bond acceptors (Lipinski definition) is 5. The lowest BCUT2D eigenvalue weighted by atomic mass is 10.2. The normalized spacial score (nSPS) is 12.8. The maximum Gasteiger partial charge on any atom is 0.0950 e. The van der Waals surface area contributed by atoms with Gasteiger partial charge < -0.3 is 15.6 Å². The van der Waals surface area contributed by atoms with E-state index in [-0.39, 0.29) is 0 Å². The van der Waals surface area contributed by atoms with Crippen molar-refractivity contribution in [1.82, 2.24) is 19.9 Å². The molecule has 2 aromatic rings. The minimum Gasteiger partial charge on any atom is -0.336 e. The van der Waals surface area contributed by atoms with Crippen molar-refractivity contribution in [1.29, 1.82) is 0 Å². The third-order valence-corrected chi connectivity index (χ3v) is 4.25. The van der Waals surface area contributed by atoms with E-state index in [1.54, 1.807) is 11.3 Å². The predicted molar refractivity (Wildman–Crippen MR) is 78.1 cm³/mol. The van der Waals surface area contributed by atoms with Crippen LogP contribution in [0, 0.1) is 13.8 Å². The van der Waals surface area contributed by atoms with Gasteiger partial charge in [-0.15, -0.1) is 11.3 Å². The highest BCUT2D eigenvalue weighted by molar-refractivity contribution is 7.11. The largest absolute Gasteiger partial charge is 0.336 e. The Hall–Kier alpha value is -1.24. The number of imidazole rings is 1. The smallest absolute Gasteiger partial charge is 0.0950 e. The zero-order chi connectivity index (χ0) is 13.8. The second kappa shape index (κ2) is 6.27. The number of aromatic nitrogens is 3. The summed E-state index contributed by atoms with van der Waals surface area (Å²) in [5.41, 5.74) is 7.68. The van der Waals surface area contributed by atoms with E-state index >= 15 is 0 Å². The molecule has 3 N–H and O–H groups in total. The van der Waals surface area contributed by atoms with E-state index in [0.717, 1.165) is 29.5 Å². The molecule has 0 aromatic carbocycles. The zero-order valence-electron chi connectivity index (χ0n) is 11.7. The summed E-state index contributed by atoms with van der Waals surface area (Å²) in [6.07, 6.45) is 3.87. The molecule has 104 valence electrons. The lowest BCUT2D eigenvalue weighted by Crippen LogP contribution is -2.18. The Labute approximate surface area is 117 Å². The molecule has 0 spiro atoms. The van der Waals surface area contributed by atoms with E-state index in [1.807, 2.05) is 24.0 Å². The molecule has 2 aromatic heterocycles. The van der Waals surface area contributed by atoms with Crippen molar-refractivity contribution >= 4 is 11.3 Å². The number of rotatable bonds is 6. The summed E-state index contributed by atoms with van der Waals surface area (Å²) in [7, 11) is 0. The molecule has 0 saturated carbocycles. The monoisotopic (exact) mass is 279 g/mol. The van der Waals surface area contributed by atoms with Crippen LogP contribution in [0.15, 0.2) is 12.5 Å². The lowest BCUT2D eigenvalue weighted by molar-refractivity contribution is 0.573. The van der Waals surface area contributed by atoms with Gasteiger partial charge in [0.1, 0.15) is 0 Å². The fourth-order valence-electron chi connectivity index (χ4n) is 2.07. The van der Waals surface area contributed by atoms with Crippen molar-refractivity contribution in [3.05, 3.63) is 33.8 Å². The Balaban J connectivity index is 1.92. The lowest BCUT2D eigenvalue weighted by Gasteiger charge is -2.11. The molecule has 0 saturated heterocycles. The summed E-state index contributed by atoms with van der Waals surface area (Å²) in [5, 5.41) is 4.61. The molecule has 1 unspecified atom stereocenters. The molecule has 0 fully saturated rings. The fourth-order valence-corrected chi connectivity index (χ4v) is 3.02. The van der Waals surface area contributed by atoms with Crippen LogP contribution in [0.3, 0.4) is 0 Å². The van der Waals surface area contributed by atoms with Crippen LogP contribution in [0.1, 0.15) is 34.2 Å². The molecular weight excluding hydrogens is 258 g/mol. The van der Waals surface area contributed by atoms with E-state index < -0.39 is 0 Å². The Morgan fingerprint density at radius 3 is 2.89 bits per heavy atom. The maximum atomic E-state index is 5.52. The van der Waals surface area contributed by atoms with Crippen molar-refractivity contribution in [2.24, 2.45) is 5.73 Å². The summed E-state index contributed by atoms with van der Waals surface area (Å²) in [6, 6.07) is 0.297. The van der Waals surface area contributed by atoms with Crippen LogP contribution in [0.25, 0.3) is 0 Å². The third-order valence-electron chi connectivity index (χ3n) is 3.00. The van der Waals surface area contributed by atoms with Crippen molar-refractivity contribution in [2.75, 3.05) is 6.54 Å². The molecule has 2 rings (SSSR count). The van der Waals surface area contributed by atoms with Crippen LogP contribution in [0.4, 0.5) is 0 Å². The third kappa shape index (κ3) is 3.62. The zero-order valence-corrected chi connectivity index (χ0v) is 12.5. The Morgan fingerprint density at radius 2 is 2.26 bits per heavy atom. The fraction of sp³-hybridized carbons (Fsp3) is 0.538. The molecule has 0 radical (unpaired) electrons. The summed E-state index contributed by atoms with van der Waals surface area (Å²) < 4.78 is 2.02. The van der Waals surface area contributed by atoms with Gasteiger partial charge in [-0.25, -0.2) is 9.97 Å². The van der Waals surface area contributed by atoms with Gasteiger partial charge in [-0.3, -0.25) is 0 Å². The molecule has 0 aliphatic carbocycles. The quantitative estimate of drug-likeness (QED) is 0.845. The number of thiazole rings is 1. The van der Waals surface area contributed by atoms with Crippen LogP contribution in [0.5, 0.6) is 0 Å². The molecule has 0 aliphatic heterocycles. The summed E-state index contributed by atoms with van der Waals surface area (Å²) >= 11 is 1.76. The molecule has 6 heteroatoms. The van der Waals surface area contributed by atoms with Gasteiger partial charge in [0.2, 0.25) is 0 Å². The summed E-state index contributed by atoms with van der Waals surface area (Å²) in [5.74, 6) is 0. The average Bonchev–Trinajstić information content (AvgIpc) is 2.93. The van der Waals surface area contributed by atoms with Gasteiger partial charge in [0.15, 0.2) is 0 Å². The second-order valence-corrected chi connectivity index (χ2v) is 5.91. The molecule has 2 heterocycles. The van der Waals surface area contributed by atoms with Crippen molar-refractivity contribution in [2.45, 2.75) is 39.9 Å². The van der Waals surface area contributed by atoms with E-state index in [0.29, 0.717) is 12.6 Å². The van der Waals surface area contributed by atoms with E-state index in [9.17, 15) is 0 Å². The van der Waals surface area contributed by atoms with Gasteiger partial charge in [-0.05, 0) is 20.8 Å². The number of nitrogens with zero attached hydrogens (tertiary/aromatic N) is 3. The SMILES string of the molecule is Cc1nc(C)c(C(C)NCc2cn(CCN)cn2)s1. The van der Waals surface area contributed by atoms with Crippen LogP contribution < -0.4 is 11.1 Å². The first-order valence-electron chi connectivity index (χ1n) is 6.48. The maximum absolute atomic E-state index is 5.52. The first kappa shape index (κ1) is 14.2. The Bertz CT molecular complexity index is 531. The van der Waals surface area contributed by atoms with Gasteiger partial charge in [-0.2, -0.15) is 0 Å².